The second kappa shape index (κ2) is 5.28. The highest BCUT2D eigenvalue weighted by molar-refractivity contribution is 4.99. The highest BCUT2D eigenvalue weighted by Crippen LogP contribution is 2.28. The van der Waals surface area contributed by atoms with Gasteiger partial charge in [0.1, 0.15) is 6.10 Å². The van der Waals surface area contributed by atoms with E-state index in [4.69, 9.17) is 9.15 Å². The molecule has 0 amide bonds. The van der Waals surface area contributed by atoms with Gasteiger partial charge >= 0.3 is 0 Å². The lowest BCUT2D eigenvalue weighted by atomic mass is 10.2. The molecule has 84 valence electrons. The molecule has 1 saturated heterocycles. The topological polar surface area (TPSA) is 47.3 Å². The first-order valence-electron chi connectivity index (χ1n) is 5.67. The molecule has 15 heavy (non-hydrogen) atoms. The summed E-state index contributed by atoms with van der Waals surface area (Å²) in [5, 5.41) is 3.26. The molecule has 0 radical (unpaired) electrons. The van der Waals surface area contributed by atoms with Gasteiger partial charge in [-0.05, 0) is 25.8 Å². The molecule has 1 aliphatic rings. The van der Waals surface area contributed by atoms with E-state index in [1.165, 1.54) is 0 Å². The predicted molar refractivity (Wildman–Crippen MR) is 56.4 cm³/mol. The van der Waals surface area contributed by atoms with Crippen LogP contribution in [0.25, 0.3) is 0 Å². The summed E-state index contributed by atoms with van der Waals surface area (Å²) in [6.45, 7) is 4.69. The van der Waals surface area contributed by atoms with Gasteiger partial charge in [-0.3, -0.25) is 0 Å². The maximum absolute atomic E-state index is 5.62. The molecule has 1 aromatic heterocycles. The number of rotatable bonds is 5. The van der Waals surface area contributed by atoms with Crippen molar-refractivity contribution < 1.29 is 9.15 Å². The lowest BCUT2D eigenvalue weighted by Gasteiger charge is -2.03. The largest absolute Gasteiger partial charge is 0.442 e. The van der Waals surface area contributed by atoms with Gasteiger partial charge in [-0.2, -0.15) is 0 Å². The Morgan fingerprint density at radius 3 is 3.27 bits per heavy atom. The molecule has 1 aliphatic heterocycles. The van der Waals surface area contributed by atoms with Gasteiger partial charge in [-0.1, -0.05) is 6.92 Å². The van der Waals surface area contributed by atoms with Gasteiger partial charge in [0.15, 0.2) is 5.76 Å². The minimum absolute atomic E-state index is 0.137. The van der Waals surface area contributed by atoms with Gasteiger partial charge < -0.3 is 14.5 Å². The molecule has 0 bridgehead atoms. The van der Waals surface area contributed by atoms with Gasteiger partial charge in [0, 0.05) is 6.61 Å². The number of nitrogens with one attached hydrogen (secondary N) is 1. The second-order valence-corrected chi connectivity index (χ2v) is 3.83. The van der Waals surface area contributed by atoms with E-state index in [1.54, 1.807) is 6.20 Å². The zero-order valence-electron chi connectivity index (χ0n) is 9.16. The first kappa shape index (κ1) is 10.6. The number of hydrogen-bond donors (Lipinski definition) is 1. The second-order valence-electron chi connectivity index (χ2n) is 3.83. The van der Waals surface area contributed by atoms with Crippen molar-refractivity contribution >= 4 is 0 Å². The smallest absolute Gasteiger partial charge is 0.208 e. The molecule has 0 saturated carbocycles. The first-order valence-corrected chi connectivity index (χ1v) is 5.67. The van der Waals surface area contributed by atoms with E-state index < -0.39 is 0 Å². The van der Waals surface area contributed by atoms with Crippen molar-refractivity contribution in [3.8, 4) is 0 Å². The zero-order valence-corrected chi connectivity index (χ0v) is 9.16. The van der Waals surface area contributed by atoms with Crippen LogP contribution in [0, 0.1) is 0 Å². The van der Waals surface area contributed by atoms with E-state index >= 15 is 0 Å². The quantitative estimate of drug-likeness (QED) is 0.755. The number of hydrogen-bond acceptors (Lipinski definition) is 4. The number of nitrogens with zero attached hydrogens (tertiary/aromatic N) is 1. The number of oxazole rings is 1. The molecule has 0 aliphatic carbocycles. The molecular formula is C11H18N2O2. The Kier molecular flexibility index (Phi) is 3.75. The third-order valence-corrected chi connectivity index (χ3v) is 2.52. The summed E-state index contributed by atoms with van der Waals surface area (Å²) in [4.78, 5) is 4.22. The van der Waals surface area contributed by atoms with Crippen LogP contribution in [-0.2, 0) is 11.3 Å². The van der Waals surface area contributed by atoms with Crippen LogP contribution in [-0.4, -0.2) is 18.1 Å². The molecule has 0 aromatic carbocycles. The van der Waals surface area contributed by atoms with E-state index in [9.17, 15) is 0 Å². The van der Waals surface area contributed by atoms with Crippen LogP contribution in [0.1, 0.15) is 43.9 Å². The fourth-order valence-corrected chi connectivity index (χ4v) is 1.73. The minimum atomic E-state index is 0.137. The average molecular weight is 210 g/mol. The summed E-state index contributed by atoms with van der Waals surface area (Å²) in [5.41, 5.74) is 0. The Morgan fingerprint density at radius 1 is 1.60 bits per heavy atom. The highest BCUT2D eigenvalue weighted by atomic mass is 16.5. The molecule has 1 fully saturated rings. The van der Waals surface area contributed by atoms with Crippen LogP contribution in [0.15, 0.2) is 10.6 Å². The Labute approximate surface area is 90.0 Å². The van der Waals surface area contributed by atoms with Crippen molar-refractivity contribution in [2.24, 2.45) is 0 Å². The monoisotopic (exact) mass is 210 g/mol. The molecule has 2 heterocycles. The normalized spacial score (nSPS) is 21.0. The van der Waals surface area contributed by atoms with E-state index in [2.05, 4.69) is 17.2 Å². The first-order chi connectivity index (χ1) is 7.40. The highest BCUT2D eigenvalue weighted by Gasteiger charge is 2.21. The van der Waals surface area contributed by atoms with Crippen LogP contribution in [0.2, 0.25) is 0 Å². The molecule has 4 heteroatoms. The fourth-order valence-electron chi connectivity index (χ4n) is 1.73. The fraction of sp³-hybridized carbons (Fsp3) is 0.727. The Balaban J connectivity index is 1.86. The third-order valence-electron chi connectivity index (χ3n) is 2.52. The van der Waals surface area contributed by atoms with E-state index in [0.29, 0.717) is 6.54 Å². The SMILES string of the molecule is CCCNCc1ncc(C2CCCO2)o1. The van der Waals surface area contributed by atoms with Gasteiger partial charge in [-0.25, -0.2) is 4.98 Å². The van der Waals surface area contributed by atoms with Crippen molar-refractivity contribution in [1.82, 2.24) is 10.3 Å². The van der Waals surface area contributed by atoms with E-state index in [-0.39, 0.29) is 6.10 Å². The molecule has 1 unspecified atom stereocenters. The van der Waals surface area contributed by atoms with Gasteiger partial charge in [0.2, 0.25) is 5.89 Å². The summed E-state index contributed by atoms with van der Waals surface area (Å²) >= 11 is 0. The molecule has 1 atom stereocenters. The Hall–Kier alpha value is -0.870. The standard InChI is InChI=1S/C11H18N2O2/c1-2-5-12-8-11-13-7-10(15-11)9-4-3-6-14-9/h7,9,12H,2-6,8H2,1H3. The van der Waals surface area contributed by atoms with Crippen LogP contribution in [0.3, 0.4) is 0 Å². The Morgan fingerprint density at radius 2 is 2.53 bits per heavy atom. The average Bonchev–Trinajstić information content (AvgIpc) is 2.87. The number of ether oxygens (including phenoxy) is 1. The summed E-state index contributed by atoms with van der Waals surface area (Å²) in [6.07, 6.45) is 5.22. The van der Waals surface area contributed by atoms with Crippen LogP contribution in [0.5, 0.6) is 0 Å². The van der Waals surface area contributed by atoms with Gasteiger partial charge in [-0.15, -0.1) is 0 Å². The van der Waals surface area contributed by atoms with Crippen molar-refractivity contribution in [2.75, 3.05) is 13.2 Å². The summed E-state index contributed by atoms with van der Waals surface area (Å²) in [7, 11) is 0. The van der Waals surface area contributed by atoms with Crippen LogP contribution < -0.4 is 5.32 Å². The number of aromatic nitrogens is 1. The van der Waals surface area contributed by atoms with Crippen molar-refractivity contribution in [2.45, 2.75) is 38.8 Å². The lowest BCUT2D eigenvalue weighted by Crippen LogP contribution is -2.13. The van der Waals surface area contributed by atoms with E-state index in [0.717, 1.165) is 44.1 Å². The van der Waals surface area contributed by atoms with Crippen molar-refractivity contribution in [1.29, 1.82) is 0 Å². The molecule has 4 nitrogen and oxygen atoms in total. The third kappa shape index (κ3) is 2.79. The van der Waals surface area contributed by atoms with Crippen molar-refractivity contribution in [3.05, 3.63) is 17.8 Å². The van der Waals surface area contributed by atoms with Crippen molar-refractivity contribution in [3.63, 3.8) is 0 Å². The Bertz CT molecular complexity index is 293. The molecule has 0 spiro atoms. The lowest BCUT2D eigenvalue weighted by molar-refractivity contribution is 0.0923. The maximum atomic E-state index is 5.62. The zero-order chi connectivity index (χ0) is 10.5. The van der Waals surface area contributed by atoms with Gasteiger partial charge in [0.05, 0.1) is 12.7 Å². The summed E-state index contributed by atoms with van der Waals surface area (Å²) < 4.78 is 11.1. The molecule has 2 rings (SSSR count). The summed E-state index contributed by atoms with van der Waals surface area (Å²) in [6, 6.07) is 0. The van der Waals surface area contributed by atoms with Crippen LogP contribution >= 0.6 is 0 Å². The minimum Gasteiger partial charge on any atom is -0.442 e. The molecular weight excluding hydrogens is 192 g/mol. The maximum Gasteiger partial charge on any atom is 0.208 e. The van der Waals surface area contributed by atoms with Crippen LogP contribution in [0.4, 0.5) is 0 Å². The predicted octanol–water partition coefficient (Wildman–Crippen LogP) is 2.03. The molecule has 1 aromatic rings. The van der Waals surface area contributed by atoms with Gasteiger partial charge in [0.25, 0.3) is 0 Å². The molecule has 1 N–H and O–H groups in total. The van der Waals surface area contributed by atoms with E-state index in [1.807, 2.05) is 0 Å². The summed E-state index contributed by atoms with van der Waals surface area (Å²) in [5.74, 6) is 1.63.